The van der Waals surface area contributed by atoms with Crippen molar-refractivity contribution in [2.45, 2.75) is 175 Å². The average molecular weight is 483 g/mol. The van der Waals surface area contributed by atoms with E-state index in [-0.39, 0.29) is 24.0 Å². The molecule has 0 aromatic rings. The zero-order valence-corrected chi connectivity index (χ0v) is 23.7. The van der Waals surface area contributed by atoms with Gasteiger partial charge in [0, 0.05) is 12.8 Å². The van der Waals surface area contributed by atoms with Crippen LogP contribution >= 0.6 is 0 Å². The van der Waals surface area contributed by atoms with Crippen LogP contribution in [-0.4, -0.2) is 23.6 Å². The Balaban J connectivity index is 4.24. The molecule has 0 saturated carbocycles. The topological polar surface area (TPSA) is 52.6 Å². The fourth-order valence-electron chi connectivity index (χ4n) is 3.99. The average Bonchev–Trinajstić information content (AvgIpc) is 2.77. The number of carbonyl (C=O) groups excluding carboxylic acids is 2. The molecule has 0 rings (SSSR count). The van der Waals surface area contributed by atoms with E-state index in [1.54, 1.807) is 0 Å². The summed E-state index contributed by atoms with van der Waals surface area (Å²) in [6, 6.07) is 0. The van der Waals surface area contributed by atoms with E-state index in [9.17, 15) is 9.59 Å². The summed E-state index contributed by atoms with van der Waals surface area (Å²) in [4.78, 5) is 24.5. The van der Waals surface area contributed by atoms with Crippen molar-refractivity contribution in [1.29, 1.82) is 0 Å². The second kappa shape index (κ2) is 21.2. The Bertz CT molecular complexity index is 498. The van der Waals surface area contributed by atoms with Crippen molar-refractivity contribution < 1.29 is 19.1 Å². The lowest BCUT2D eigenvalue weighted by Gasteiger charge is -2.29. The van der Waals surface area contributed by atoms with Gasteiger partial charge in [0.1, 0.15) is 11.7 Å². The Hall–Kier alpha value is -1.06. The highest BCUT2D eigenvalue weighted by atomic mass is 16.6. The van der Waals surface area contributed by atoms with Crippen LogP contribution in [0.25, 0.3) is 0 Å². The summed E-state index contributed by atoms with van der Waals surface area (Å²) in [6.45, 7) is 12.5. The molecule has 0 aliphatic heterocycles. The molecule has 0 aliphatic rings. The lowest BCUT2D eigenvalue weighted by atomic mass is 9.94. The van der Waals surface area contributed by atoms with E-state index in [4.69, 9.17) is 9.47 Å². The third kappa shape index (κ3) is 19.3. The van der Waals surface area contributed by atoms with Gasteiger partial charge in [-0.25, -0.2) is 0 Å². The molecular weight excluding hydrogens is 424 g/mol. The van der Waals surface area contributed by atoms with Gasteiger partial charge in [-0.3, -0.25) is 9.59 Å². The van der Waals surface area contributed by atoms with Crippen molar-refractivity contribution in [3.63, 3.8) is 0 Å². The van der Waals surface area contributed by atoms with Crippen molar-refractivity contribution >= 4 is 11.9 Å². The van der Waals surface area contributed by atoms with Crippen molar-refractivity contribution in [2.75, 3.05) is 0 Å². The van der Waals surface area contributed by atoms with Crippen molar-refractivity contribution in [3.8, 4) is 0 Å². The maximum atomic E-state index is 12.5. The van der Waals surface area contributed by atoms with Crippen molar-refractivity contribution in [1.82, 2.24) is 0 Å². The second-order valence-electron chi connectivity index (χ2n) is 11.0. The molecular formula is C30H58O4. The van der Waals surface area contributed by atoms with E-state index < -0.39 is 5.60 Å². The summed E-state index contributed by atoms with van der Waals surface area (Å²) in [5.41, 5.74) is -0.449. The molecule has 4 nitrogen and oxygen atoms in total. The minimum absolute atomic E-state index is 0.0612. The summed E-state index contributed by atoms with van der Waals surface area (Å²) in [6.07, 6.45) is 20.7. The fourth-order valence-corrected chi connectivity index (χ4v) is 3.99. The summed E-state index contributed by atoms with van der Waals surface area (Å²) in [5, 5.41) is 0. The smallest absolute Gasteiger partial charge is 0.306 e. The lowest BCUT2D eigenvalue weighted by molar-refractivity contribution is -0.161. The zero-order valence-electron chi connectivity index (χ0n) is 23.7. The van der Waals surface area contributed by atoms with E-state index in [1.807, 2.05) is 13.8 Å². The minimum atomic E-state index is -0.449. The predicted molar refractivity (Wildman–Crippen MR) is 144 cm³/mol. The predicted octanol–water partition coefficient (Wildman–Crippen LogP) is 9.33. The molecule has 0 fully saturated rings. The second-order valence-corrected chi connectivity index (χ2v) is 11.0. The molecule has 0 N–H and O–H groups in total. The zero-order chi connectivity index (χ0) is 25.7. The van der Waals surface area contributed by atoms with Crippen LogP contribution in [0.5, 0.6) is 0 Å². The molecule has 0 saturated heterocycles. The molecule has 0 bridgehead atoms. The summed E-state index contributed by atoms with van der Waals surface area (Å²) in [7, 11) is 0. The first-order chi connectivity index (χ1) is 16.2. The Labute approximate surface area is 212 Å². The molecule has 1 atom stereocenters. The van der Waals surface area contributed by atoms with Gasteiger partial charge in [-0.05, 0) is 58.3 Å². The van der Waals surface area contributed by atoms with Gasteiger partial charge >= 0.3 is 11.9 Å². The molecule has 34 heavy (non-hydrogen) atoms. The SMILES string of the molecule is CCCCCCCCCC(CCCCCCCC)OC(=O)CCCCC(=O)OC(C)(C)C(C)C. The highest BCUT2D eigenvalue weighted by Crippen LogP contribution is 2.22. The number of hydrogen-bond donors (Lipinski definition) is 0. The molecule has 4 heteroatoms. The van der Waals surface area contributed by atoms with Gasteiger partial charge in [-0.1, -0.05) is 98.3 Å². The highest BCUT2D eigenvalue weighted by Gasteiger charge is 2.26. The van der Waals surface area contributed by atoms with Crippen LogP contribution in [0, 0.1) is 5.92 Å². The molecule has 0 amide bonds. The molecule has 0 aromatic carbocycles. The number of esters is 2. The van der Waals surface area contributed by atoms with Crippen LogP contribution < -0.4 is 0 Å². The van der Waals surface area contributed by atoms with Crippen LogP contribution in [0.4, 0.5) is 0 Å². The van der Waals surface area contributed by atoms with Gasteiger partial charge in [-0.15, -0.1) is 0 Å². The molecule has 1 unspecified atom stereocenters. The number of hydrogen-bond acceptors (Lipinski definition) is 4. The molecule has 0 aliphatic carbocycles. The fraction of sp³-hybridized carbons (Fsp3) is 0.933. The third-order valence-corrected chi connectivity index (χ3v) is 7.09. The van der Waals surface area contributed by atoms with E-state index in [2.05, 4.69) is 27.7 Å². The van der Waals surface area contributed by atoms with Crippen molar-refractivity contribution in [3.05, 3.63) is 0 Å². The van der Waals surface area contributed by atoms with Gasteiger partial charge in [-0.2, -0.15) is 0 Å². The Morgan fingerprint density at radius 2 is 1.03 bits per heavy atom. The third-order valence-electron chi connectivity index (χ3n) is 7.09. The largest absolute Gasteiger partial charge is 0.462 e. The lowest BCUT2D eigenvalue weighted by Crippen LogP contribution is -2.33. The van der Waals surface area contributed by atoms with E-state index in [0.29, 0.717) is 25.7 Å². The Morgan fingerprint density at radius 3 is 1.47 bits per heavy atom. The summed E-state index contributed by atoms with van der Waals surface area (Å²) in [5.74, 6) is -0.00638. The van der Waals surface area contributed by atoms with Crippen LogP contribution in [0.1, 0.15) is 164 Å². The molecule has 0 heterocycles. The van der Waals surface area contributed by atoms with Crippen LogP contribution in [0.3, 0.4) is 0 Å². The first-order valence-corrected chi connectivity index (χ1v) is 14.6. The first kappa shape index (κ1) is 32.9. The summed E-state index contributed by atoms with van der Waals surface area (Å²) >= 11 is 0. The maximum Gasteiger partial charge on any atom is 0.306 e. The molecule has 202 valence electrons. The number of rotatable bonds is 23. The molecule has 0 radical (unpaired) electrons. The standard InChI is InChI=1S/C30H58O4/c1-7-9-11-13-15-17-19-23-27(22-18-16-14-12-10-8-2)33-28(31)24-20-21-25-29(32)34-30(5,6)26(3)4/h26-27H,7-25H2,1-6H3. The number of ether oxygens (including phenoxy) is 2. The minimum Gasteiger partial charge on any atom is -0.462 e. The van der Waals surface area contributed by atoms with Gasteiger partial charge in [0.25, 0.3) is 0 Å². The van der Waals surface area contributed by atoms with Gasteiger partial charge in [0.15, 0.2) is 0 Å². The normalized spacial score (nSPS) is 12.7. The van der Waals surface area contributed by atoms with Gasteiger partial charge in [0.2, 0.25) is 0 Å². The highest BCUT2D eigenvalue weighted by molar-refractivity contribution is 5.71. The van der Waals surface area contributed by atoms with Gasteiger partial charge in [0.05, 0.1) is 0 Å². The quantitative estimate of drug-likeness (QED) is 0.107. The number of carbonyl (C=O) groups is 2. The maximum absolute atomic E-state index is 12.5. The monoisotopic (exact) mass is 482 g/mol. The van der Waals surface area contributed by atoms with E-state index in [1.165, 1.54) is 70.6 Å². The van der Waals surface area contributed by atoms with Crippen LogP contribution in [-0.2, 0) is 19.1 Å². The van der Waals surface area contributed by atoms with Crippen molar-refractivity contribution in [2.24, 2.45) is 5.92 Å². The van der Waals surface area contributed by atoms with Crippen LogP contribution in [0.2, 0.25) is 0 Å². The van der Waals surface area contributed by atoms with E-state index >= 15 is 0 Å². The molecule has 0 aromatic heterocycles. The number of unbranched alkanes of at least 4 members (excludes halogenated alkanes) is 12. The Morgan fingerprint density at radius 1 is 0.618 bits per heavy atom. The van der Waals surface area contributed by atoms with Crippen LogP contribution in [0.15, 0.2) is 0 Å². The van der Waals surface area contributed by atoms with E-state index in [0.717, 1.165) is 25.7 Å². The van der Waals surface area contributed by atoms with Gasteiger partial charge < -0.3 is 9.47 Å². The summed E-state index contributed by atoms with van der Waals surface area (Å²) < 4.78 is 11.5. The Kier molecular flexibility index (Phi) is 20.6. The molecule has 0 spiro atoms. The first-order valence-electron chi connectivity index (χ1n) is 14.6.